The Hall–Kier alpha value is -3.75. The Morgan fingerprint density at radius 3 is 2.58 bits per heavy atom. The van der Waals surface area contributed by atoms with Crippen LogP contribution in [0.2, 0.25) is 0 Å². The molecule has 0 unspecified atom stereocenters. The third kappa shape index (κ3) is 4.40. The van der Waals surface area contributed by atoms with Crippen LogP contribution in [0.15, 0.2) is 59.1 Å². The van der Waals surface area contributed by atoms with Gasteiger partial charge in [-0.3, -0.25) is 4.79 Å². The van der Waals surface area contributed by atoms with Gasteiger partial charge >= 0.3 is 12.1 Å². The number of alkyl halides is 3. The molecule has 4 aromatic rings. The lowest BCUT2D eigenvalue weighted by molar-refractivity contribution is -0.138. The number of oxazole rings is 1. The molecule has 4 rings (SSSR count). The van der Waals surface area contributed by atoms with Crippen LogP contribution in [-0.2, 0) is 24.1 Å². The van der Waals surface area contributed by atoms with Gasteiger partial charge in [0.25, 0.3) is 0 Å². The largest absolute Gasteiger partial charge is 0.486 e. The Bertz CT molecular complexity index is 1240. The second kappa shape index (κ2) is 7.82. The molecule has 0 atom stereocenters. The van der Waals surface area contributed by atoms with E-state index in [0.29, 0.717) is 22.8 Å². The zero-order valence-electron chi connectivity index (χ0n) is 16.3. The molecule has 9 heteroatoms. The van der Waals surface area contributed by atoms with Crippen molar-refractivity contribution in [2.75, 3.05) is 0 Å². The van der Waals surface area contributed by atoms with Gasteiger partial charge in [0, 0.05) is 22.7 Å². The minimum absolute atomic E-state index is 0.0841. The van der Waals surface area contributed by atoms with Crippen molar-refractivity contribution < 1.29 is 32.2 Å². The first-order valence-electron chi connectivity index (χ1n) is 9.28. The van der Waals surface area contributed by atoms with Crippen LogP contribution < -0.4 is 4.74 Å². The maximum atomic E-state index is 12.7. The number of halogens is 3. The van der Waals surface area contributed by atoms with Crippen molar-refractivity contribution in [2.45, 2.75) is 26.3 Å². The van der Waals surface area contributed by atoms with Crippen molar-refractivity contribution >= 4 is 16.9 Å². The lowest BCUT2D eigenvalue weighted by Gasteiger charge is -2.06. The van der Waals surface area contributed by atoms with E-state index in [1.165, 1.54) is 12.1 Å². The van der Waals surface area contributed by atoms with Crippen LogP contribution in [-0.4, -0.2) is 20.6 Å². The fourth-order valence-corrected chi connectivity index (χ4v) is 3.19. The van der Waals surface area contributed by atoms with E-state index in [1.54, 1.807) is 42.0 Å². The highest BCUT2D eigenvalue weighted by Crippen LogP contribution is 2.31. The van der Waals surface area contributed by atoms with Gasteiger partial charge in [-0.2, -0.15) is 13.2 Å². The van der Waals surface area contributed by atoms with Gasteiger partial charge in [0.1, 0.15) is 18.9 Å². The van der Waals surface area contributed by atoms with Crippen molar-refractivity contribution in [3.63, 3.8) is 0 Å². The second-order valence-corrected chi connectivity index (χ2v) is 6.95. The highest BCUT2D eigenvalue weighted by Gasteiger charge is 2.30. The van der Waals surface area contributed by atoms with Crippen LogP contribution >= 0.6 is 0 Å². The maximum Gasteiger partial charge on any atom is 0.416 e. The van der Waals surface area contributed by atoms with E-state index in [9.17, 15) is 18.0 Å². The van der Waals surface area contributed by atoms with E-state index in [2.05, 4.69) is 4.98 Å². The molecular weight excluding hydrogens is 413 g/mol. The number of nitrogens with zero attached hydrogens (tertiary/aromatic N) is 2. The lowest BCUT2D eigenvalue weighted by atomic mass is 10.1. The molecule has 6 nitrogen and oxygen atoms in total. The number of aryl methyl sites for hydroxylation is 1. The van der Waals surface area contributed by atoms with Crippen LogP contribution in [0.1, 0.15) is 17.0 Å². The summed E-state index contributed by atoms with van der Waals surface area (Å²) in [5.41, 5.74) is 1.04. The van der Waals surface area contributed by atoms with Crippen molar-refractivity contribution in [1.82, 2.24) is 9.55 Å². The zero-order chi connectivity index (χ0) is 22.2. The standard InChI is InChI=1S/C22H17F3N2O4/c1-13-19(31-21(26-13)14-2-4-16(5-3-14)22(23,24)25)12-30-17-6-7-18-15(10-17)8-9-27(18)11-20(28)29/h2-10H,11-12H2,1H3,(H,28,29). The smallest absolute Gasteiger partial charge is 0.416 e. The Labute approximate surface area is 174 Å². The number of carboxylic acids is 1. The predicted molar refractivity (Wildman–Crippen MR) is 106 cm³/mol. The molecule has 2 heterocycles. The van der Waals surface area contributed by atoms with Gasteiger partial charge in [-0.15, -0.1) is 0 Å². The summed E-state index contributed by atoms with van der Waals surface area (Å²) in [5, 5.41) is 9.79. The van der Waals surface area contributed by atoms with Gasteiger partial charge in [-0.05, 0) is 55.5 Å². The minimum atomic E-state index is -4.40. The number of hydrogen-bond acceptors (Lipinski definition) is 4. The lowest BCUT2D eigenvalue weighted by Crippen LogP contribution is -2.07. The molecule has 0 aliphatic heterocycles. The van der Waals surface area contributed by atoms with E-state index in [-0.39, 0.29) is 19.0 Å². The topological polar surface area (TPSA) is 77.5 Å². The Kier molecular flexibility index (Phi) is 5.18. The number of carboxylic acid groups (broad SMARTS) is 1. The molecule has 0 radical (unpaired) electrons. The van der Waals surface area contributed by atoms with E-state index in [4.69, 9.17) is 14.3 Å². The molecular formula is C22H17F3N2O4. The van der Waals surface area contributed by atoms with Crippen LogP contribution in [0.4, 0.5) is 13.2 Å². The molecule has 0 fully saturated rings. The number of rotatable bonds is 6. The van der Waals surface area contributed by atoms with Crippen molar-refractivity contribution in [3.05, 3.63) is 71.7 Å². The highest BCUT2D eigenvalue weighted by molar-refractivity contribution is 5.83. The quantitative estimate of drug-likeness (QED) is 0.450. The number of carbonyl (C=O) groups is 1. The van der Waals surface area contributed by atoms with Gasteiger partial charge in [0.05, 0.1) is 11.3 Å². The van der Waals surface area contributed by atoms with Gasteiger partial charge in [0.15, 0.2) is 5.76 Å². The predicted octanol–water partition coefficient (Wildman–Crippen LogP) is 5.29. The first-order valence-corrected chi connectivity index (χ1v) is 9.28. The van der Waals surface area contributed by atoms with Gasteiger partial charge in [-0.1, -0.05) is 0 Å². The molecule has 0 aliphatic rings. The Morgan fingerprint density at radius 2 is 1.90 bits per heavy atom. The number of ether oxygens (including phenoxy) is 1. The van der Waals surface area contributed by atoms with E-state index in [1.807, 2.05) is 0 Å². The van der Waals surface area contributed by atoms with Crippen molar-refractivity contribution in [3.8, 4) is 17.2 Å². The summed E-state index contributed by atoms with van der Waals surface area (Å²) >= 11 is 0. The summed E-state index contributed by atoms with van der Waals surface area (Å²) in [4.78, 5) is 15.2. The summed E-state index contributed by atoms with van der Waals surface area (Å²) in [6.45, 7) is 1.68. The first kappa shape index (κ1) is 20.5. The highest BCUT2D eigenvalue weighted by atomic mass is 19.4. The number of fused-ring (bicyclic) bond motifs is 1. The van der Waals surface area contributed by atoms with Crippen LogP contribution in [0.25, 0.3) is 22.4 Å². The zero-order valence-corrected chi connectivity index (χ0v) is 16.3. The molecule has 0 amide bonds. The Balaban J connectivity index is 1.48. The average molecular weight is 430 g/mol. The van der Waals surface area contributed by atoms with Gasteiger partial charge < -0.3 is 18.8 Å². The molecule has 0 aliphatic carbocycles. The summed E-state index contributed by atoms with van der Waals surface area (Å²) in [6.07, 6.45) is -2.71. The SMILES string of the molecule is Cc1nc(-c2ccc(C(F)(F)F)cc2)oc1COc1ccc2c(ccn2CC(=O)O)c1. The van der Waals surface area contributed by atoms with Crippen LogP contribution in [0.5, 0.6) is 5.75 Å². The van der Waals surface area contributed by atoms with Crippen molar-refractivity contribution in [2.24, 2.45) is 0 Å². The van der Waals surface area contributed by atoms with Crippen molar-refractivity contribution in [1.29, 1.82) is 0 Å². The molecule has 160 valence electrons. The monoisotopic (exact) mass is 430 g/mol. The number of hydrogen-bond donors (Lipinski definition) is 1. The molecule has 0 bridgehead atoms. The van der Waals surface area contributed by atoms with Gasteiger partial charge in [0.2, 0.25) is 5.89 Å². The summed E-state index contributed by atoms with van der Waals surface area (Å²) in [5.74, 6) is 0.305. The van der Waals surface area contributed by atoms with E-state index < -0.39 is 17.7 Å². The fourth-order valence-electron chi connectivity index (χ4n) is 3.19. The van der Waals surface area contributed by atoms with E-state index in [0.717, 1.165) is 23.0 Å². The number of aromatic nitrogens is 2. The van der Waals surface area contributed by atoms with Gasteiger partial charge in [-0.25, -0.2) is 4.98 Å². The molecule has 2 aromatic heterocycles. The molecule has 2 aromatic carbocycles. The average Bonchev–Trinajstić information content (AvgIpc) is 3.28. The molecule has 0 saturated heterocycles. The van der Waals surface area contributed by atoms with E-state index >= 15 is 0 Å². The molecule has 31 heavy (non-hydrogen) atoms. The van der Waals surface area contributed by atoms with Crippen LogP contribution in [0, 0.1) is 6.92 Å². The normalized spacial score (nSPS) is 11.7. The third-order valence-electron chi connectivity index (χ3n) is 4.77. The summed E-state index contributed by atoms with van der Waals surface area (Å²) < 4.78 is 51.3. The van der Waals surface area contributed by atoms with Crippen LogP contribution in [0.3, 0.4) is 0 Å². The third-order valence-corrected chi connectivity index (χ3v) is 4.77. The minimum Gasteiger partial charge on any atom is -0.486 e. The first-order chi connectivity index (χ1) is 14.7. The number of aliphatic carboxylic acids is 1. The summed E-state index contributed by atoms with van der Waals surface area (Å²) in [6, 6.07) is 11.7. The maximum absolute atomic E-state index is 12.7. The molecule has 1 N–H and O–H groups in total. The second-order valence-electron chi connectivity index (χ2n) is 6.95. The molecule has 0 spiro atoms. The fraction of sp³-hybridized carbons (Fsp3) is 0.182. The summed E-state index contributed by atoms with van der Waals surface area (Å²) in [7, 11) is 0. The Morgan fingerprint density at radius 1 is 1.16 bits per heavy atom. The number of benzene rings is 2. The molecule has 0 saturated carbocycles.